The lowest BCUT2D eigenvalue weighted by Crippen LogP contribution is -2.39. The van der Waals surface area contributed by atoms with Crippen LogP contribution < -0.4 is 5.32 Å². The number of hydrogen-bond donors (Lipinski definition) is 1. The molecule has 3 heterocycles. The van der Waals surface area contributed by atoms with E-state index in [2.05, 4.69) is 20.4 Å². The van der Waals surface area contributed by atoms with Gasteiger partial charge in [0.05, 0.1) is 18.7 Å². The van der Waals surface area contributed by atoms with Crippen LogP contribution in [0.2, 0.25) is 0 Å². The Hall–Kier alpha value is -1.77. The number of amides is 1. The highest BCUT2D eigenvalue weighted by Crippen LogP contribution is 2.26. The van der Waals surface area contributed by atoms with Gasteiger partial charge >= 0.3 is 0 Å². The number of aryl methyl sites for hydroxylation is 1. The molecule has 128 valence electrons. The normalized spacial score (nSPS) is 21.4. The number of morpholine rings is 1. The SMILES string of the molecule is O=C(NC1CCc2onc(CN3CCOCC3)c2C1)c1cscn1. The number of aromatic nitrogens is 2. The van der Waals surface area contributed by atoms with Gasteiger partial charge in [0.15, 0.2) is 0 Å². The number of fused-ring (bicyclic) bond motifs is 1. The highest BCUT2D eigenvalue weighted by Gasteiger charge is 2.28. The number of rotatable bonds is 4. The second-order valence-corrected chi connectivity index (χ2v) is 6.93. The molecule has 0 aromatic carbocycles. The molecule has 0 radical (unpaired) electrons. The summed E-state index contributed by atoms with van der Waals surface area (Å²) in [7, 11) is 0. The second-order valence-electron chi connectivity index (χ2n) is 6.21. The highest BCUT2D eigenvalue weighted by molar-refractivity contribution is 7.07. The standard InChI is InChI=1S/C16H20N4O3S/c21-16(14-9-24-10-17-14)18-11-1-2-15-12(7-11)13(19-23-15)8-20-3-5-22-6-4-20/h9-11H,1-8H2,(H,18,21). The van der Waals surface area contributed by atoms with E-state index in [1.54, 1.807) is 10.9 Å². The Balaban J connectivity index is 1.42. The van der Waals surface area contributed by atoms with Crippen molar-refractivity contribution in [1.82, 2.24) is 20.4 Å². The van der Waals surface area contributed by atoms with Crippen molar-refractivity contribution in [1.29, 1.82) is 0 Å². The van der Waals surface area contributed by atoms with Gasteiger partial charge in [-0.3, -0.25) is 9.69 Å². The molecule has 1 aliphatic heterocycles. The molecule has 1 saturated heterocycles. The quantitative estimate of drug-likeness (QED) is 0.896. The number of ether oxygens (including phenoxy) is 1. The summed E-state index contributed by atoms with van der Waals surface area (Å²) in [5.74, 6) is 0.869. The van der Waals surface area contributed by atoms with Gasteiger partial charge in [-0.1, -0.05) is 5.16 Å². The van der Waals surface area contributed by atoms with E-state index in [4.69, 9.17) is 9.26 Å². The van der Waals surface area contributed by atoms with Gasteiger partial charge in [0.1, 0.15) is 17.1 Å². The molecule has 7 nitrogen and oxygen atoms in total. The van der Waals surface area contributed by atoms with E-state index in [1.165, 1.54) is 11.3 Å². The van der Waals surface area contributed by atoms with Crippen LogP contribution in [0, 0.1) is 0 Å². The molecule has 2 aromatic rings. The van der Waals surface area contributed by atoms with Crippen LogP contribution in [0.25, 0.3) is 0 Å². The Morgan fingerprint density at radius 1 is 1.42 bits per heavy atom. The van der Waals surface area contributed by atoms with Crippen LogP contribution in [-0.4, -0.2) is 53.3 Å². The van der Waals surface area contributed by atoms with Gasteiger partial charge in [0, 0.05) is 43.0 Å². The van der Waals surface area contributed by atoms with E-state index in [1.807, 2.05) is 0 Å². The third-order valence-electron chi connectivity index (χ3n) is 4.60. The predicted octanol–water partition coefficient (Wildman–Crippen LogP) is 1.25. The molecule has 1 atom stereocenters. The summed E-state index contributed by atoms with van der Waals surface area (Å²) in [5.41, 5.74) is 4.33. The molecule has 0 saturated carbocycles. The van der Waals surface area contributed by atoms with Crippen molar-refractivity contribution < 1.29 is 14.1 Å². The van der Waals surface area contributed by atoms with Crippen molar-refractivity contribution in [3.63, 3.8) is 0 Å². The molecule has 0 bridgehead atoms. The first-order valence-electron chi connectivity index (χ1n) is 8.25. The molecule has 1 N–H and O–H groups in total. The van der Waals surface area contributed by atoms with Crippen LogP contribution >= 0.6 is 11.3 Å². The zero-order chi connectivity index (χ0) is 16.4. The van der Waals surface area contributed by atoms with Crippen LogP contribution in [-0.2, 0) is 24.1 Å². The number of nitrogens with zero attached hydrogens (tertiary/aromatic N) is 3. The molecule has 1 aliphatic carbocycles. The van der Waals surface area contributed by atoms with E-state index in [-0.39, 0.29) is 11.9 Å². The lowest BCUT2D eigenvalue weighted by molar-refractivity contribution is 0.0331. The fraction of sp³-hybridized carbons (Fsp3) is 0.562. The summed E-state index contributed by atoms with van der Waals surface area (Å²) in [6.07, 6.45) is 2.46. The fourth-order valence-corrected chi connectivity index (χ4v) is 3.80. The number of carbonyl (C=O) groups excluding carboxylic acids is 1. The third kappa shape index (κ3) is 3.35. The minimum Gasteiger partial charge on any atom is -0.379 e. The molecular weight excluding hydrogens is 328 g/mol. The lowest BCUT2D eigenvalue weighted by Gasteiger charge is -2.27. The molecule has 0 spiro atoms. The molecule has 2 aliphatic rings. The smallest absolute Gasteiger partial charge is 0.270 e. The van der Waals surface area contributed by atoms with E-state index in [0.29, 0.717) is 5.69 Å². The minimum atomic E-state index is -0.101. The van der Waals surface area contributed by atoms with Gasteiger partial charge in [0.2, 0.25) is 0 Å². The Labute approximate surface area is 144 Å². The average molecular weight is 348 g/mol. The van der Waals surface area contributed by atoms with Crippen LogP contribution in [0.5, 0.6) is 0 Å². The molecule has 2 aromatic heterocycles. The van der Waals surface area contributed by atoms with Crippen molar-refractivity contribution in [2.75, 3.05) is 26.3 Å². The maximum Gasteiger partial charge on any atom is 0.270 e. The van der Waals surface area contributed by atoms with Crippen molar-refractivity contribution in [2.45, 2.75) is 31.8 Å². The highest BCUT2D eigenvalue weighted by atomic mass is 32.1. The Morgan fingerprint density at radius 3 is 3.08 bits per heavy atom. The van der Waals surface area contributed by atoms with Gasteiger partial charge in [-0.25, -0.2) is 4.98 Å². The minimum absolute atomic E-state index is 0.101. The molecular formula is C16H20N4O3S. The number of nitrogens with one attached hydrogen (secondary N) is 1. The van der Waals surface area contributed by atoms with Crippen LogP contribution in [0.1, 0.15) is 33.9 Å². The van der Waals surface area contributed by atoms with E-state index in [9.17, 15) is 4.79 Å². The maximum absolute atomic E-state index is 12.2. The van der Waals surface area contributed by atoms with Crippen LogP contribution in [0.4, 0.5) is 0 Å². The van der Waals surface area contributed by atoms with E-state index in [0.717, 1.165) is 69.1 Å². The molecule has 8 heteroatoms. The number of thiazole rings is 1. The summed E-state index contributed by atoms with van der Waals surface area (Å²) in [4.78, 5) is 18.6. The zero-order valence-electron chi connectivity index (χ0n) is 13.4. The van der Waals surface area contributed by atoms with Crippen LogP contribution in [0.15, 0.2) is 15.4 Å². The Bertz CT molecular complexity index is 694. The van der Waals surface area contributed by atoms with Crippen molar-refractivity contribution in [3.8, 4) is 0 Å². The van der Waals surface area contributed by atoms with Gasteiger partial charge in [-0.2, -0.15) is 0 Å². The summed E-state index contributed by atoms with van der Waals surface area (Å²) in [5, 5.41) is 9.13. The summed E-state index contributed by atoms with van der Waals surface area (Å²) < 4.78 is 10.9. The molecule has 4 rings (SSSR count). The fourth-order valence-electron chi connectivity index (χ4n) is 3.27. The molecule has 24 heavy (non-hydrogen) atoms. The zero-order valence-corrected chi connectivity index (χ0v) is 14.2. The van der Waals surface area contributed by atoms with Crippen LogP contribution in [0.3, 0.4) is 0 Å². The predicted molar refractivity (Wildman–Crippen MR) is 88.0 cm³/mol. The summed E-state index contributed by atoms with van der Waals surface area (Å²) >= 11 is 1.43. The average Bonchev–Trinajstić information content (AvgIpc) is 3.26. The Morgan fingerprint density at radius 2 is 2.29 bits per heavy atom. The summed E-state index contributed by atoms with van der Waals surface area (Å²) in [6, 6.07) is 0.106. The van der Waals surface area contributed by atoms with Crippen molar-refractivity contribution in [3.05, 3.63) is 33.6 Å². The topological polar surface area (TPSA) is 80.5 Å². The van der Waals surface area contributed by atoms with Crippen molar-refractivity contribution in [2.24, 2.45) is 0 Å². The first-order chi connectivity index (χ1) is 11.8. The van der Waals surface area contributed by atoms with Crippen molar-refractivity contribution >= 4 is 17.2 Å². The molecule has 1 unspecified atom stereocenters. The molecule has 1 amide bonds. The van der Waals surface area contributed by atoms with Gasteiger partial charge < -0.3 is 14.6 Å². The first-order valence-corrected chi connectivity index (χ1v) is 9.19. The van der Waals surface area contributed by atoms with Gasteiger partial charge in [-0.15, -0.1) is 11.3 Å². The molecule has 1 fully saturated rings. The van der Waals surface area contributed by atoms with Gasteiger partial charge in [-0.05, 0) is 12.8 Å². The van der Waals surface area contributed by atoms with E-state index >= 15 is 0 Å². The van der Waals surface area contributed by atoms with Gasteiger partial charge in [0.25, 0.3) is 5.91 Å². The number of hydrogen-bond acceptors (Lipinski definition) is 7. The lowest BCUT2D eigenvalue weighted by atomic mass is 9.92. The third-order valence-corrected chi connectivity index (χ3v) is 5.19. The summed E-state index contributed by atoms with van der Waals surface area (Å²) in [6.45, 7) is 4.17. The largest absolute Gasteiger partial charge is 0.379 e. The monoisotopic (exact) mass is 348 g/mol. The maximum atomic E-state index is 12.2. The Kier molecular flexibility index (Phi) is 4.59. The number of carbonyl (C=O) groups is 1. The van der Waals surface area contributed by atoms with E-state index < -0.39 is 0 Å². The second kappa shape index (κ2) is 7.00. The first kappa shape index (κ1) is 15.7.